The molecular weight excluding hydrogens is 1890 g/mol. The quantitative estimate of drug-likeness (QED) is 0.0105. The Hall–Kier alpha value is -11.8. The molecule has 7 amide bonds. The Morgan fingerprint density at radius 2 is 0.906 bits per heavy atom. The van der Waals surface area contributed by atoms with Gasteiger partial charge in [-0.2, -0.15) is 17.9 Å². The lowest BCUT2D eigenvalue weighted by Gasteiger charge is -2.34. The Bertz CT molecular complexity index is 6060. The number of likely N-dealkylation sites (N-methyl/N-ethyl adjacent to an activating group) is 1. The highest BCUT2D eigenvalue weighted by molar-refractivity contribution is 8.19. The van der Waals surface area contributed by atoms with Gasteiger partial charge < -0.3 is 95.7 Å². The second-order valence-corrected chi connectivity index (χ2v) is 39.4. The van der Waals surface area contributed by atoms with E-state index in [4.69, 9.17) is 19.6 Å². The zero-order valence-electron chi connectivity index (χ0n) is 77.7. The summed E-state index contributed by atoms with van der Waals surface area (Å²) < 4.78 is 130. The van der Waals surface area contributed by atoms with E-state index in [0.29, 0.717) is 104 Å². The number of amides is 7. The molecule has 138 heavy (non-hydrogen) atoms. The minimum atomic E-state index is -5.26. The molecule has 4 aromatic carbocycles. The lowest BCUT2D eigenvalue weighted by molar-refractivity contribution is -0.274. The van der Waals surface area contributed by atoms with Crippen molar-refractivity contribution in [1.29, 1.82) is 0 Å². The number of anilines is 2. The van der Waals surface area contributed by atoms with E-state index in [0.717, 1.165) is 17.3 Å². The summed E-state index contributed by atoms with van der Waals surface area (Å²) in [5, 5.41) is 43.4. The van der Waals surface area contributed by atoms with Crippen LogP contribution in [0.5, 0.6) is 0 Å². The number of carbonyl (C=O) groups excluding carboxylic acids is 7. The predicted molar refractivity (Wildman–Crippen MR) is 507 cm³/mol. The molecule has 52 heteroatoms. The van der Waals surface area contributed by atoms with Crippen LogP contribution in [-0.4, -0.2) is 330 Å². The Balaban J connectivity index is 0.958. The fourth-order valence-electron chi connectivity index (χ4n) is 15.8. The van der Waals surface area contributed by atoms with Gasteiger partial charge in [-0.25, -0.2) is 46.4 Å². The number of carboxylic acid groups (broad SMARTS) is 2. The van der Waals surface area contributed by atoms with Crippen LogP contribution in [0.15, 0.2) is 117 Å². The summed E-state index contributed by atoms with van der Waals surface area (Å²) in [6, 6.07) is 5.47. The number of aryl methyl sites for hydroxylation is 7. The minimum Gasteiger partial charge on any atom is -0.480 e. The van der Waals surface area contributed by atoms with Crippen LogP contribution in [0.2, 0.25) is 0 Å². The summed E-state index contributed by atoms with van der Waals surface area (Å²) in [5.74, 6) is -13.3. The number of hydrogen-bond acceptors (Lipinski definition) is 32. The van der Waals surface area contributed by atoms with Crippen LogP contribution in [0.25, 0.3) is 21.8 Å². The maximum Gasteiger partial charge on any atom is 0.323 e. The average molecular weight is 2010 g/mol. The lowest BCUT2D eigenvalue weighted by Crippen LogP contribution is -2.57. The molecule has 1 aliphatic heterocycles. The fraction of sp³-hybridized carbons (Fsp3) is 0.477. The SMILES string of the molecule is CCN1CCN(CCOOC)CCN(CCOOC)CCN(CC(=O)N[C@@H](CCC(=O)N[C@@H](CS(O)(O)O)C(=O)NCCCn2cc(C(=O)NC[C@H](NS(=O)(=O)c3c(C)cc(C)cc3C)C(=O)O)c(=O)c3ccc(CNc4ncc[nH]4)cc32)C(=O)N[C@@H](CS(=O)(=O)O)C(=O)NCCn2cc(C(=O)NC[C@H](NS(=O)(=O)c3c(C)cc(C)cc3C)C(=O)O)c(=O)c3ccc(CNc4ncc[nH]4)cc32)CC1. The molecule has 1 aliphatic rings. The van der Waals surface area contributed by atoms with Gasteiger partial charge in [-0.3, -0.25) is 72.0 Å². The van der Waals surface area contributed by atoms with Crippen LogP contribution in [0.4, 0.5) is 11.9 Å². The van der Waals surface area contributed by atoms with Crippen LogP contribution in [0.3, 0.4) is 0 Å². The van der Waals surface area contributed by atoms with Crippen LogP contribution in [0, 0.1) is 41.5 Å². The van der Waals surface area contributed by atoms with Crippen molar-refractivity contribution in [1.82, 2.24) is 95.3 Å². The molecule has 5 heterocycles. The number of aromatic amines is 2. The molecule has 8 aromatic rings. The molecule has 9 rings (SSSR count). The first kappa shape index (κ1) is 110. The van der Waals surface area contributed by atoms with Gasteiger partial charge in [0, 0.05) is 172 Å². The number of carbonyl (C=O) groups is 9. The smallest absolute Gasteiger partial charge is 0.323 e. The molecular formula is C86H121N21O27S4. The number of imidazole rings is 2. The summed E-state index contributed by atoms with van der Waals surface area (Å²) in [5.41, 5.74) is 1.49. The van der Waals surface area contributed by atoms with E-state index in [-0.39, 0.29) is 97.0 Å². The van der Waals surface area contributed by atoms with Crippen LogP contribution in [0.1, 0.15) is 91.4 Å². The van der Waals surface area contributed by atoms with E-state index < -0.39 is 197 Å². The number of fused-ring (bicyclic) bond motifs is 2. The second kappa shape index (κ2) is 51.2. The van der Waals surface area contributed by atoms with E-state index >= 15 is 4.79 Å². The molecule has 0 aliphatic carbocycles. The molecule has 756 valence electrons. The number of nitrogens with one attached hydrogen (secondary N) is 13. The van der Waals surface area contributed by atoms with Crippen molar-refractivity contribution in [2.75, 3.05) is 154 Å². The average Bonchev–Trinajstić information content (AvgIpc) is 0.830. The van der Waals surface area contributed by atoms with Gasteiger partial charge in [0.1, 0.15) is 47.1 Å². The minimum absolute atomic E-state index is 0.0104. The fourth-order valence-corrected chi connectivity index (χ4v) is 20.4. The van der Waals surface area contributed by atoms with Crippen molar-refractivity contribution >= 4 is 128 Å². The lowest BCUT2D eigenvalue weighted by atomic mass is 10.1. The number of nitrogens with zero attached hydrogens (tertiary/aromatic N) is 8. The van der Waals surface area contributed by atoms with Gasteiger partial charge in [0.25, 0.3) is 21.9 Å². The third kappa shape index (κ3) is 33.2. The highest BCUT2D eigenvalue weighted by atomic mass is 32.3. The molecule has 1 saturated heterocycles. The van der Waals surface area contributed by atoms with Crippen molar-refractivity contribution in [2.45, 2.75) is 134 Å². The predicted octanol–water partition coefficient (Wildman–Crippen LogP) is 0.227. The standard InChI is InChI=1S/C86H121N21O27S4/c1-10-102-26-28-103(34-36-133-131-8)29-30-104(35-37-134-132-9)31-33-105(32-27-102)50-73(109)97-65(82(116)99-69(52-136(124,125)126)81(115)88-23-25-107-49-64(75(111)62-15-13-60(43-71(62)107)45-96-86-91-21-22-92-86)79(113)94-47-67(84(119)120)101-138(129,130)77-57(6)40-54(3)41-58(77)7)16-17-72(108)98-68(51-135(121,122)123)80(114)87-18-11-24-106-48-63(74(110)61-14-12-59(42-70(61)106)44-95-85-89-19-20-90-85)78(112)93-46-66(83(117)118)100-137(127,128)76-55(4)38-53(2)39-56(76)5/h12-15,19-22,38-43,48-49,65-69,100-101,121-123H,10-11,16-18,23-37,44-47,50-52H2,1-9H3,(H,87,114)(H,88,115)(H,93,112)(H,94,113)(H,97,109)(H,98,108)(H,99,116)(H,117,118)(H,119,120)(H2,89,90,95)(H2,91,92,96)(H,124,125,126)/t65-,66-,67-,68-,69-/m0/s1. The zero-order chi connectivity index (χ0) is 101. The van der Waals surface area contributed by atoms with Crippen LogP contribution >= 0.6 is 10.9 Å². The normalized spacial score (nSPS) is 14.9. The number of H-pyrrole nitrogens is 2. The molecule has 0 spiro atoms. The summed E-state index contributed by atoms with van der Waals surface area (Å²) in [6.07, 6.45) is 6.72. The first-order valence-electron chi connectivity index (χ1n) is 43.9. The second-order valence-electron chi connectivity index (χ2n) is 33.0. The van der Waals surface area contributed by atoms with Gasteiger partial charge in [-0.05, 0) is 119 Å². The number of aromatic nitrogens is 6. The van der Waals surface area contributed by atoms with E-state index in [1.807, 2.05) is 6.92 Å². The Morgan fingerprint density at radius 1 is 0.486 bits per heavy atom. The van der Waals surface area contributed by atoms with Gasteiger partial charge in [0.2, 0.25) is 60.4 Å². The van der Waals surface area contributed by atoms with Gasteiger partial charge >= 0.3 is 11.9 Å². The molecule has 19 N–H and O–H groups in total. The monoisotopic (exact) mass is 2010 g/mol. The molecule has 0 unspecified atom stereocenters. The third-order valence-corrected chi connectivity index (χ3v) is 27.5. The van der Waals surface area contributed by atoms with E-state index in [2.05, 4.69) is 91.9 Å². The van der Waals surface area contributed by atoms with Crippen molar-refractivity contribution in [2.24, 2.45) is 0 Å². The van der Waals surface area contributed by atoms with Gasteiger partial charge in [-0.1, -0.05) is 54.4 Å². The number of hydrogen-bond donors (Lipinski definition) is 19. The van der Waals surface area contributed by atoms with Crippen molar-refractivity contribution in [3.05, 3.63) is 174 Å². The maximum absolute atomic E-state index is 15.0. The Morgan fingerprint density at radius 3 is 1.32 bits per heavy atom. The summed E-state index contributed by atoms with van der Waals surface area (Å²) in [6.45, 7) is 13.9. The molecule has 1 fully saturated rings. The van der Waals surface area contributed by atoms with Crippen molar-refractivity contribution < 1.29 is 116 Å². The maximum atomic E-state index is 15.0. The topological polar surface area (TPSA) is 661 Å². The van der Waals surface area contributed by atoms with Crippen molar-refractivity contribution in [3.8, 4) is 0 Å². The highest BCUT2D eigenvalue weighted by Gasteiger charge is 2.36. The van der Waals surface area contributed by atoms with E-state index in [1.54, 1.807) is 79.7 Å². The summed E-state index contributed by atoms with van der Waals surface area (Å²) in [7, 11) is -16.2. The molecule has 48 nitrogen and oxygen atoms in total. The number of aliphatic carboxylic acids is 2. The van der Waals surface area contributed by atoms with Gasteiger partial charge in [0.15, 0.2) is 11.9 Å². The van der Waals surface area contributed by atoms with Crippen LogP contribution in [-0.2, 0) is 109 Å². The third-order valence-electron chi connectivity index (χ3n) is 22.4. The number of rotatable bonds is 51. The molecule has 0 radical (unpaired) electrons. The first-order chi connectivity index (χ1) is 65.3. The number of sulfonamides is 2. The largest absolute Gasteiger partial charge is 0.480 e. The summed E-state index contributed by atoms with van der Waals surface area (Å²) >= 11 is 0. The Labute approximate surface area is 797 Å². The molecule has 0 saturated carbocycles. The number of pyridine rings is 2. The zero-order valence-corrected chi connectivity index (χ0v) is 80.9. The van der Waals surface area contributed by atoms with Crippen LogP contribution < -0.4 is 68.2 Å². The Kier molecular flexibility index (Phi) is 40.8. The molecule has 4 aromatic heterocycles. The first-order valence-corrected chi connectivity index (χ1v) is 50.2. The van der Waals surface area contributed by atoms with Crippen molar-refractivity contribution in [3.63, 3.8) is 0 Å². The van der Waals surface area contributed by atoms with Gasteiger partial charge in [-0.15, -0.1) is 0 Å². The number of benzene rings is 4. The van der Waals surface area contributed by atoms with E-state index in [9.17, 15) is 102 Å². The number of carboxylic acids is 2. The highest BCUT2D eigenvalue weighted by Crippen LogP contribution is 2.33. The molecule has 0 bridgehead atoms. The van der Waals surface area contributed by atoms with Gasteiger partial charge in [0.05, 0.1) is 71.4 Å². The van der Waals surface area contributed by atoms with E-state index in [1.165, 1.54) is 81.8 Å². The molecule has 5 atom stereocenters. The summed E-state index contributed by atoms with van der Waals surface area (Å²) in [4.78, 5) is 197.